The topological polar surface area (TPSA) is 130 Å². The molecule has 1 aliphatic heterocycles. The van der Waals surface area contributed by atoms with Crippen LogP contribution in [-0.2, 0) is 14.6 Å². The van der Waals surface area contributed by atoms with Crippen molar-refractivity contribution in [2.24, 2.45) is 0 Å². The first-order valence-corrected chi connectivity index (χ1v) is 9.10. The lowest BCUT2D eigenvalue weighted by Crippen LogP contribution is -2.14. The third kappa shape index (κ3) is 3.61. The Hall–Kier alpha value is -3.77. The number of anilines is 1. The molecule has 0 spiro atoms. The van der Waals surface area contributed by atoms with E-state index in [1.807, 2.05) is 0 Å². The molecule has 0 atom stereocenters. The lowest BCUT2D eigenvalue weighted by molar-refractivity contribution is -0.385. The Morgan fingerprint density at radius 2 is 1.96 bits per heavy atom. The number of sulfone groups is 1. The van der Waals surface area contributed by atoms with Gasteiger partial charge in [0.15, 0.2) is 0 Å². The van der Waals surface area contributed by atoms with Gasteiger partial charge in [-0.25, -0.2) is 8.42 Å². The van der Waals surface area contributed by atoms with Gasteiger partial charge in [0.2, 0.25) is 9.84 Å². The molecular weight excluding hydrogens is 370 g/mol. The zero-order valence-electron chi connectivity index (χ0n) is 13.6. The maximum atomic E-state index is 12.4. The minimum Gasteiger partial charge on any atom is -0.321 e. The number of nitrogens with zero attached hydrogens (tertiary/aromatic N) is 2. The van der Waals surface area contributed by atoms with Crippen LogP contribution in [0.4, 0.5) is 11.4 Å². The number of hydrogen-bond acceptors (Lipinski definition) is 6. The van der Waals surface area contributed by atoms with Crippen molar-refractivity contribution in [2.45, 2.75) is 4.90 Å². The summed E-state index contributed by atoms with van der Waals surface area (Å²) in [7, 11) is -3.54. The van der Waals surface area contributed by atoms with Crippen molar-refractivity contribution >= 4 is 39.3 Å². The van der Waals surface area contributed by atoms with E-state index in [-0.39, 0.29) is 27.4 Å². The van der Waals surface area contributed by atoms with Crippen LogP contribution < -0.4 is 5.32 Å². The number of para-hydroxylation sites is 1. The SMILES string of the molecule is N#CC(=Cc1ccccc1[N+](=O)[O-])C(=O)Nc1ccc2c(c1)S(=O)(=O)C=C2. The maximum Gasteiger partial charge on any atom is 0.276 e. The van der Waals surface area contributed by atoms with E-state index >= 15 is 0 Å². The highest BCUT2D eigenvalue weighted by Gasteiger charge is 2.22. The van der Waals surface area contributed by atoms with E-state index in [4.69, 9.17) is 0 Å². The minimum atomic E-state index is -3.54. The summed E-state index contributed by atoms with van der Waals surface area (Å²) in [6.45, 7) is 0. The molecule has 0 saturated heterocycles. The molecule has 8 nitrogen and oxygen atoms in total. The number of nitrogens with one attached hydrogen (secondary N) is 1. The summed E-state index contributed by atoms with van der Waals surface area (Å²) in [5.41, 5.74) is 0.201. The Kier molecular flexibility index (Phi) is 4.58. The molecule has 1 heterocycles. The second-order valence-electron chi connectivity index (χ2n) is 5.54. The van der Waals surface area contributed by atoms with Gasteiger partial charge in [-0.05, 0) is 35.9 Å². The van der Waals surface area contributed by atoms with Gasteiger partial charge in [0.25, 0.3) is 11.6 Å². The average molecular weight is 381 g/mol. The molecule has 0 fully saturated rings. The summed E-state index contributed by atoms with van der Waals surface area (Å²) in [4.78, 5) is 22.8. The summed E-state index contributed by atoms with van der Waals surface area (Å²) in [6, 6.07) is 11.7. The number of benzene rings is 2. The Morgan fingerprint density at radius 3 is 2.67 bits per heavy atom. The maximum absolute atomic E-state index is 12.4. The van der Waals surface area contributed by atoms with Gasteiger partial charge in [0.1, 0.15) is 11.6 Å². The van der Waals surface area contributed by atoms with Crippen molar-refractivity contribution in [2.75, 3.05) is 5.32 Å². The molecule has 0 aliphatic carbocycles. The first-order valence-electron chi connectivity index (χ1n) is 7.55. The van der Waals surface area contributed by atoms with E-state index in [2.05, 4.69) is 5.32 Å². The molecule has 0 radical (unpaired) electrons. The van der Waals surface area contributed by atoms with Crippen molar-refractivity contribution in [1.82, 2.24) is 0 Å². The summed E-state index contributed by atoms with van der Waals surface area (Å²) in [5, 5.41) is 23.8. The van der Waals surface area contributed by atoms with E-state index in [9.17, 15) is 28.6 Å². The molecule has 1 amide bonds. The van der Waals surface area contributed by atoms with E-state index in [1.165, 1.54) is 42.5 Å². The Bertz CT molecular complexity index is 1170. The number of carbonyl (C=O) groups excluding carboxylic acids is 1. The lowest BCUT2D eigenvalue weighted by atomic mass is 10.1. The molecule has 1 N–H and O–H groups in total. The Balaban J connectivity index is 1.90. The van der Waals surface area contributed by atoms with Crippen molar-refractivity contribution in [3.63, 3.8) is 0 Å². The van der Waals surface area contributed by atoms with E-state index in [0.717, 1.165) is 11.5 Å². The van der Waals surface area contributed by atoms with Gasteiger partial charge in [-0.1, -0.05) is 18.2 Å². The number of nitriles is 1. The van der Waals surface area contributed by atoms with Crippen molar-refractivity contribution in [3.8, 4) is 6.07 Å². The van der Waals surface area contributed by atoms with Crippen LogP contribution in [0, 0.1) is 21.4 Å². The molecule has 0 bridgehead atoms. The third-order valence-corrected chi connectivity index (χ3v) is 5.26. The number of fused-ring (bicyclic) bond motifs is 1. The van der Waals surface area contributed by atoms with Crippen LogP contribution in [0.3, 0.4) is 0 Å². The number of rotatable bonds is 4. The molecule has 0 unspecified atom stereocenters. The summed E-state index contributed by atoms with van der Waals surface area (Å²) < 4.78 is 23.8. The van der Waals surface area contributed by atoms with Crippen LogP contribution in [0.25, 0.3) is 12.2 Å². The Morgan fingerprint density at radius 1 is 1.22 bits per heavy atom. The normalized spacial score (nSPS) is 14.3. The fourth-order valence-electron chi connectivity index (χ4n) is 2.51. The highest BCUT2D eigenvalue weighted by Crippen LogP contribution is 2.29. The van der Waals surface area contributed by atoms with Gasteiger partial charge in [0.05, 0.1) is 15.4 Å². The Labute approximate surface area is 154 Å². The number of nitro benzene ring substituents is 1. The van der Waals surface area contributed by atoms with Crippen LogP contribution >= 0.6 is 0 Å². The first kappa shape index (κ1) is 18.0. The standard InChI is InChI=1S/C18H11N3O5S/c19-11-14(9-13-3-1-2-4-16(13)21(23)24)18(22)20-15-6-5-12-7-8-27(25,26)17(12)10-15/h1-10H,(H,20,22). The highest BCUT2D eigenvalue weighted by molar-refractivity contribution is 7.94. The van der Waals surface area contributed by atoms with Crippen LogP contribution in [0.2, 0.25) is 0 Å². The van der Waals surface area contributed by atoms with E-state index < -0.39 is 20.7 Å². The molecule has 0 saturated carbocycles. The summed E-state index contributed by atoms with van der Waals surface area (Å²) in [6.07, 6.45) is 2.56. The highest BCUT2D eigenvalue weighted by atomic mass is 32.2. The zero-order chi connectivity index (χ0) is 19.6. The predicted molar refractivity (Wildman–Crippen MR) is 98.0 cm³/mol. The van der Waals surface area contributed by atoms with Gasteiger partial charge in [-0.3, -0.25) is 14.9 Å². The second-order valence-corrected chi connectivity index (χ2v) is 7.34. The van der Waals surface area contributed by atoms with Crippen LogP contribution in [0.5, 0.6) is 0 Å². The third-order valence-electron chi connectivity index (χ3n) is 3.80. The van der Waals surface area contributed by atoms with Crippen molar-refractivity contribution in [1.29, 1.82) is 5.26 Å². The fraction of sp³-hybridized carbons (Fsp3) is 0. The predicted octanol–water partition coefficient (Wildman–Crippen LogP) is 2.90. The molecule has 0 aromatic heterocycles. The quantitative estimate of drug-likeness (QED) is 0.375. The van der Waals surface area contributed by atoms with E-state index in [1.54, 1.807) is 12.1 Å². The fourth-order valence-corrected chi connectivity index (χ4v) is 3.74. The summed E-state index contributed by atoms with van der Waals surface area (Å²) >= 11 is 0. The van der Waals surface area contributed by atoms with E-state index in [0.29, 0.717) is 5.56 Å². The molecule has 2 aromatic carbocycles. The van der Waals surface area contributed by atoms with Gasteiger partial charge >= 0.3 is 0 Å². The van der Waals surface area contributed by atoms with Crippen molar-refractivity contribution < 1.29 is 18.1 Å². The second kappa shape index (κ2) is 6.86. The molecule has 134 valence electrons. The van der Waals surface area contributed by atoms with Gasteiger partial charge in [-0.15, -0.1) is 0 Å². The molecule has 1 aliphatic rings. The van der Waals surface area contributed by atoms with Crippen LogP contribution in [0.1, 0.15) is 11.1 Å². The number of nitro groups is 1. The molecule has 2 aromatic rings. The first-order chi connectivity index (χ1) is 12.8. The number of carbonyl (C=O) groups is 1. The van der Waals surface area contributed by atoms with Crippen LogP contribution in [0.15, 0.2) is 58.3 Å². The zero-order valence-corrected chi connectivity index (χ0v) is 14.4. The largest absolute Gasteiger partial charge is 0.321 e. The average Bonchev–Trinajstić information content (AvgIpc) is 2.94. The number of hydrogen-bond donors (Lipinski definition) is 1. The smallest absolute Gasteiger partial charge is 0.276 e. The number of amides is 1. The molecule has 3 rings (SSSR count). The summed E-state index contributed by atoms with van der Waals surface area (Å²) in [5.74, 6) is -0.807. The van der Waals surface area contributed by atoms with Gasteiger partial charge in [-0.2, -0.15) is 5.26 Å². The molecule has 27 heavy (non-hydrogen) atoms. The molecule has 9 heteroatoms. The lowest BCUT2D eigenvalue weighted by Gasteiger charge is -2.07. The van der Waals surface area contributed by atoms with Crippen molar-refractivity contribution in [3.05, 3.63) is 74.7 Å². The minimum absolute atomic E-state index is 0.0569. The monoisotopic (exact) mass is 381 g/mol. The van der Waals surface area contributed by atoms with Crippen LogP contribution in [-0.4, -0.2) is 19.2 Å². The molecular formula is C18H11N3O5S. The van der Waals surface area contributed by atoms with Gasteiger partial charge < -0.3 is 5.32 Å². The van der Waals surface area contributed by atoms with Gasteiger partial charge in [0, 0.05) is 17.2 Å².